The minimum atomic E-state index is 0.167. The molecule has 0 bridgehead atoms. The van der Waals surface area contributed by atoms with Gasteiger partial charge in [0.25, 0.3) is 0 Å². The zero-order valence-electron chi connectivity index (χ0n) is 10.6. The number of rotatable bonds is 8. The Balaban J connectivity index is 2.50. The molecule has 0 N–H and O–H groups in total. The molecule has 0 fully saturated rings. The Labute approximate surface area is 103 Å². The van der Waals surface area contributed by atoms with E-state index in [-0.39, 0.29) is 5.91 Å². The van der Waals surface area contributed by atoms with Crippen LogP contribution in [-0.4, -0.2) is 31.1 Å². The van der Waals surface area contributed by atoms with Crippen LogP contribution in [-0.2, 0) is 16.1 Å². The van der Waals surface area contributed by atoms with E-state index in [1.54, 1.807) is 18.3 Å². The van der Waals surface area contributed by atoms with Crippen molar-refractivity contribution in [3.8, 4) is 0 Å². The van der Waals surface area contributed by atoms with E-state index in [1.165, 1.54) is 0 Å². The summed E-state index contributed by atoms with van der Waals surface area (Å²) in [4.78, 5) is 13.8. The molecule has 17 heavy (non-hydrogen) atoms. The van der Waals surface area contributed by atoms with Crippen LogP contribution in [0.3, 0.4) is 0 Å². The molecule has 96 valence electrons. The molecule has 1 amide bonds. The van der Waals surface area contributed by atoms with Crippen LogP contribution in [0.4, 0.5) is 0 Å². The third kappa shape index (κ3) is 5.04. The first-order chi connectivity index (χ1) is 8.27. The largest absolute Gasteiger partial charge is 0.467 e. The van der Waals surface area contributed by atoms with Crippen molar-refractivity contribution in [2.24, 2.45) is 0 Å². The van der Waals surface area contributed by atoms with Gasteiger partial charge in [0.15, 0.2) is 0 Å². The van der Waals surface area contributed by atoms with Gasteiger partial charge in [0, 0.05) is 20.1 Å². The van der Waals surface area contributed by atoms with Gasteiger partial charge >= 0.3 is 0 Å². The number of nitrogens with zero attached hydrogens (tertiary/aromatic N) is 1. The van der Waals surface area contributed by atoms with Crippen molar-refractivity contribution in [3.63, 3.8) is 0 Å². The highest BCUT2D eigenvalue weighted by atomic mass is 16.5. The van der Waals surface area contributed by atoms with Gasteiger partial charge in [0.2, 0.25) is 5.91 Å². The van der Waals surface area contributed by atoms with Crippen LogP contribution in [0.1, 0.15) is 31.9 Å². The van der Waals surface area contributed by atoms with Gasteiger partial charge in [0.1, 0.15) is 5.76 Å². The molecule has 0 radical (unpaired) electrons. The van der Waals surface area contributed by atoms with Crippen LogP contribution >= 0.6 is 0 Å². The summed E-state index contributed by atoms with van der Waals surface area (Å²) in [7, 11) is 1.64. The van der Waals surface area contributed by atoms with Crippen LogP contribution in [0.15, 0.2) is 22.8 Å². The highest BCUT2D eigenvalue weighted by Gasteiger charge is 2.14. The average molecular weight is 239 g/mol. The molecule has 1 heterocycles. The Kier molecular flexibility index (Phi) is 6.40. The van der Waals surface area contributed by atoms with Crippen molar-refractivity contribution in [1.29, 1.82) is 0 Å². The fourth-order valence-corrected chi connectivity index (χ4v) is 1.57. The smallest absolute Gasteiger partial charge is 0.223 e. The monoisotopic (exact) mass is 239 g/mol. The van der Waals surface area contributed by atoms with Crippen LogP contribution < -0.4 is 0 Å². The number of hydrogen-bond acceptors (Lipinski definition) is 3. The minimum Gasteiger partial charge on any atom is -0.467 e. The molecular formula is C13H21NO3. The molecule has 0 unspecified atom stereocenters. The van der Waals surface area contributed by atoms with E-state index in [2.05, 4.69) is 6.92 Å². The van der Waals surface area contributed by atoms with Gasteiger partial charge in [-0.1, -0.05) is 13.3 Å². The first-order valence-corrected chi connectivity index (χ1v) is 6.07. The van der Waals surface area contributed by atoms with Gasteiger partial charge in [0.05, 0.1) is 19.4 Å². The predicted molar refractivity (Wildman–Crippen MR) is 65.5 cm³/mol. The van der Waals surface area contributed by atoms with Crippen LogP contribution in [0.25, 0.3) is 0 Å². The maximum Gasteiger partial charge on any atom is 0.223 e. The lowest BCUT2D eigenvalue weighted by Gasteiger charge is -2.21. The summed E-state index contributed by atoms with van der Waals surface area (Å²) in [6, 6.07) is 3.72. The van der Waals surface area contributed by atoms with Gasteiger partial charge < -0.3 is 14.1 Å². The van der Waals surface area contributed by atoms with Crippen molar-refractivity contribution in [2.45, 2.75) is 32.7 Å². The van der Waals surface area contributed by atoms with Crippen LogP contribution in [0.2, 0.25) is 0 Å². The van der Waals surface area contributed by atoms with Crippen molar-refractivity contribution in [2.75, 3.05) is 20.3 Å². The second-order valence-electron chi connectivity index (χ2n) is 3.99. The van der Waals surface area contributed by atoms with E-state index in [0.717, 1.165) is 18.6 Å². The third-order valence-corrected chi connectivity index (χ3v) is 2.59. The first-order valence-electron chi connectivity index (χ1n) is 6.07. The molecule has 0 aliphatic heterocycles. The van der Waals surface area contributed by atoms with Gasteiger partial charge in [-0.25, -0.2) is 0 Å². The number of carbonyl (C=O) groups is 1. The summed E-state index contributed by atoms with van der Waals surface area (Å²) in [6.45, 7) is 3.77. The number of carbonyl (C=O) groups excluding carboxylic acids is 1. The Morgan fingerprint density at radius 1 is 1.53 bits per heavy atom. The topological polar surface area (TPSA) is 42.7 Å². The number of methoxy groups -OCH3 is 1. The third-order valence-electron chi connectivity index (χ3n) is 2.59. The van der Waals surface area contributed by atoms with E-state index in [1.807, 2.05) is 12.1 Å². The summed E-state index contributed by atoms with van der Waals surface area (Å²) in [5, 5.41) is 0. The molecule has 1 aromatic rings. The lowest BCUT2D eigenvalue weighted by atomic mass is 10.2. The molecule has 4 heteroatoms. The number of ether oxygens (including phenoxy) is 1. The molecule has 0 aliphatic rings. The lowest BCUT2D eigenvalue weighted by Crippen LogP contribution is -2.33. The SMILES string of the molecule is CCCCC(=O)N(CCOC)Cc1ccco1. The second kappa shape index (κ2) is 7.90. The van der Waals surface area contributed by atoms with E-state index in [4.69, 9.17) is 9.15 Å². The zero-order chi connectivity index (χ0) is 12.5. The quantitative estimate of drug-likeness (QED) is 0.699. The van der Waals surface area contributed by atoms with Gasteiger partial charge in [-0.15, -0.1) is 0 Å². The Hall–Kier alpha value is -1.29. The fourth-order valence-electron chi connectivity index (χ4n) is 1.57. The van der Waals surface area contributed by atoms with E-state index in [9.17, 15) is 4.79 Å². The number of unbranched alkanes of at least 4 members (excludes halogenated alkanes) is 1. The summed E-state index contributed by atoms with van der Waals surface area (Å²) >= 11 is 0. The molecular weight excluding hydrogens is 218 g/mol. The van der Waals surface area contributed by atoms with E-state index >= 15 is 0 Å². The van der Waals surface area contributed by atoms with E-state index in [0.29, 0.717) is 26.1 Å². The molecule has 1 rings (SSSR count). The number of furan rings is 1. The second-order valence-corrected chi connectivity index (χ2v) is 3.99. The Bertz CT molecular complexity index is 308. The lowest BCUT2D eigenvalue weighted by molar-refractivity contribution is -0.132. The van der Waals surface area contributed by atoms with Crippen molar-refractivity contribution < 1.29 is 13.9 Å². The summed E-state index contributed by atoms with van der Waals surface area (Å²) in [6.07, 6.45) is 4.19. The zero-order valence-corrected chi connectivity index (χ0v) is 10.6. The highest BCUT2D eigenvalue weighted by molar-refractivity contribution is 5.76. The van der Waals surface area contributed by atoms with Crippen molar-refractivity contribution in [3.05, 3.63) is 24.2 Å². The first kappa shape index (κ1) is 13.8. The van der Waals surface area contributed by atoms with Gasteiger partial charge in [-0.2, -0.15) is 0 Å². The molecule has 0 spiro atoms. The highest BCUT2D eigenvalue weighted by Crippen LogP contribution is 2.08. The standard InChI is InChI=1S/C13H21NO3/c1-3-4-7-13(15)14(8-10-16-2)11-12-6-5-9-17-12/h5-6,9H,3-4,7-8,10-11H2,1-2H3. The predicted octanol–water partition coefficient (Wildman–Crippen LogP) is 2.44. The van der Waals surface area contributed by atoms with Crippen molar-refractivity contribution in [1.82, 2.24) is 4.90 Å². The summed E-state index contributed by atoms with van der Waals surface area (Å²) < 4.78 is 10.3. The average Bonchev–Trinajstić information content (AvgIpc) is 2.84. The molecule has 4 nitrogen and oxygen atoms in total. The number of hydrogen-bond donors (Lipinski definition) is 0. The molecule has 0 aliphatic carbocycles. The maximum absolute atomic E-state index is 12.0. The molecule has 0 atom stereocenters. The Morgan fingerprint density at radius 2 is 2.35 bits per heavy atom. The normalized spacial score (nSPS) is 10.5. The molecule has 0 aromatic carbocycles. The summed E-state index contributed by atoms with van der Waals surface area (Å²) in [5.41, 5.74) is 0. The Morgan fingerprint density at radius 3 is 2.94 bits per heavy atom. The summed E-state index contributed by atoms with van der Waals surface area (Å²) in [5.74, 6) is 0.978. The van der Waals surface area contributed by atoms with Crippen LogP contribution in [0, 0.1) is 0 Å². The maximum atomic E-state index is 12.0. The molecule has 0 saturated heterocycles. The van der Waals surface area contributed by atoms with Crippen LogP contribution in [0.5, 0.6) is 0 Å². The van der Waals surface area contributed by atoms with Gasteiger partial charge in [-0.3, -0.25) is 4.79 Å². The molecule has 1 aromatic heterocycles. The van der Waals surface area contributed by atoms with Crippen molar-refractivity contribution >= 4 is 5.91 Å². The molecule has 0 saturated carbocycles. The van der Waals surface area contributed by atoms with Gasteiger partial charge in [-0.05, 0) is 18.6 Å². The minimum absolute atomic E-state index is 0.167. The fraction of sp³-hybridized carbons (Fsp3) is 0.615. The number of amides is 1. The van der Waals surface area contributed by atoms with E-state index < -0.39 is 0 Å².